The van der Waals surface area contributed by atoms with Crippen molar-refractivity contribution in [2.75, 3.05) is 0 Å². The van der Waals surface area contributed by atoms with E-state index in [-0.39, 0.29) is 0 Å². The zero-order chi connectivity index (χ0) is 20.2. The van der Waals surface area contributed by atoms with Crippen LogP contribution < -0.4 is 20.7 Å². The van der Waals surface area contributed by atoms with E-state index in [9.17, 15) is 0 Å². The average molecular weight is 452 g/mol. The topological polar surface area (TPSA) is 9.23 Å². The first kappa shape index (κ1) is 20.1. The zero-order valence-electron chi connectivity index (χ0n) is 15.7. The van der Waals surface area contributed by atoms with Crippen LogP contribution in [0.1, 0.15) is 0 Å². The van der Waals surface area contributed by atoms with Crippen LogP contribution in [0.15, 0.2) is 121 Å². The van der Waals surface area contributed by atoms with Crippen LogP contribution >= 0.6 is 22.2 Å². The number of halogens is 2. The first-order valence-electron chi connectivity index (χ1n) is 9.43. The standard InChI is InChI=1S/C24H20Cl2OSi2/c25-28(21-13-5-1-6-14-21,22-15-7-2-8-16-22)27-29(26,23-17-9-3-10-18-23)24-19-11-4-12-20-24/h1-20H. The minimum atomic E-state index is -3.10. The van der Waals surface area contributed by atoms with Crippen LogP contribution in [-0.4, -0.2) is 15.3 Å². The molecule has 5 heteroatoms. The Bertz CT molecular complexity index is 879. The number of rotatable bonds is 6. The second kappa shape index (κ2) is 8.70. The van der Waals surface area contributed by atoms with Gasteiger partial charge in [0.2, 0.25) is 0 Å². The lowest BCUT2D eigenvalue weighted by Crippen LogP contribution is -2.68. The van der Waals surface area contributed by atoms with E-state index in [2.05, 4.69) is 0 Å². The van der Waals surface area contributed by atoms with Gasteiger partial charge in [-0.1, -0.05) is 121 Å². The van der Waals surface area contributed by atoms with Gasteiger partial charge < -0.3 is 4.12 Å². The molecule has 0 saturated heterocycles. The fraction of sp³-hybridized carbons (Fsp3) is 0. The van der Waals surface area contributed by atoms with Gasteiger partial charge in [-0.15, -0.1) is 22.2 Å². The van der Waals surface area contributed by atoms with Crippen molar-refractivity contribution >= 4 is 58.2 Å². The molecule has 4 aromatic carbocycles. The van der Waals surface area contributed by atoms with E-state index in [1.165, 1.54) is 0 Å². The minimum absolute atomic E-state index is 0.984. The van der Waals surface area contributed by atoms with Gasteiger partial charge in [0.1, 0.15) is 0 Å². The highest BCUT2D eigenvalue weighted by Gasteiger charge is 2.49. The summed E-state index contributed by atoms with van der Waals surface area (Å²) in [5.74, 6) is 0. The number of benzene rings is 4. The molecule has 0 spiro atoms. The molecule has 1 nitrogen and oxygen atoms in total. The van der Waals surface area contributed by atoms with E-state index < -0.39 is 15.3 Å². The van der Waals surface area contributed by atoms with E-state index in [0.29, 0.717) is 0 Å². The number of hydrogen-bond donors (Lipinski definition) is 0. The second-order valence-electron chi connectivity index (χ2n) is 6.76. The fourth-order valence-electron chi connectivity index (χ4n) is 3.37. The van der Waals surface area contributed by atoms with Crippen molar-refractivity contribution in [3.8, 4) is 0 Å². The molecule has 0 aromatic heterocycles. The molecule has 4 aromatic rings. The summed E-state index contributed by atoms with van der Waals surface area (Å²) in [5, 5.41) is 3.93. The van der Waals surface area contributed by atoms with Crippen molar-refractivity contribution in [2.24, 2.45) is 0 Å². The van der Waals surface area contributed by atoms with Crippen molar-refractivity contribution < 1.29 is 4.12 Å². The molecule has 0 fully saturated rings. The fourth-order valence-corrected chi connectivity index (χ4v) is 13.9. The quantitative estimate of drug-likeness (QED) is 0.318. The van der Waals surface area contributed by atoms with Gasteiger partial charge in [-0.25, -0.2) is 0 Å². The molecule has 0 radical (unpaired) electrons. The van der Waals surface area contributed by atoms with Gasteiger partial charge in [-0.3, -0.25) is 0 Å². The van der Waals surface area contributed by atoms with Gasteiger partial charge in [0.05, 0.1) is 0 Å². The van der Waals surface area contributed by atoms with Crippen molar-refractivity contribution in [1.29, 1.82) is 0 Å². The van der Waals surface area contributed by atoms with Crippen LogP contribution in [0.4, 0.5) is 0 Å². The first-order chi connectivity index (χ1) is 14.1. The van der Waals surface area contributed by atoms with Gasteiger partial charge in [0.15, 0.2) is 0 Å². The smallest absolute Gasteiger partial charge is 0.346 e. The molecule has 0 N–H and O–H groups in total. The first-order valence-corrected chi connectivity index (χ1v) is 15.3. The Morgan fingerprint density at radius 1 is 0.379 bits per heavy atom. The van der Waals surface area contributed by atoms with Gasteiger partial charge in [0, 0.05) is 0 Å². The third-order valence-corrected chi connectivity index (χ3v) is 15.4. The number of hydrogen-bond acceptors (Lipinski definition) is 1. The molecule has 0 amide bonds. The average Bonchev–Trinajstić information content (AvgIpc) is 2.81. The molecule has 0 saturated carbocycles. The summed E-state index contributed by atoms with van der Waals surface area (Å²) in [6, 6.07) is 40.2. The summed E-state index contributed by atoms with van der Waals surface area (Å²) in [5.41, 5.74) is 0. The molecule has 144 valence electrons. The van der Waals surface area contributed by atoms with Crippen LogP contribution in [0, 0.1) is 0 Å². The zero-order valence-corrected chi connectivity index (χ0v) is 19.2. The largest absolute Gasteiger partial charge is 0.420 e. The molecule has 0 aliphatic carbocycles. The lowest BCUT2D eigenvalue weighted by molar-refractivity contribution is 0.615. The Morgan fingerprint density at radius 3 is 0.793 bits per heavy atom. The molecule has 4 rings (SSSR count). The molecule has 0 unspecified atom stereocenters. The van der Waals surface area contributed by atoms with Crippen LogP contribution in [0.25, 0.3) is 0 Å². The Labute approximate surface area is 183 Å². The summed E-state index contributed by atoms with van der Waals surface area (Å²) >= 11 is 14.9. The van der Waals surface area contributed by atoms with Gasteiger partial charge in [-0.2, -0.15) is 0 Å². The maximum atomic E-state index is 7.44. The SMILES string of the molecule is Cl[Si](O[Si](Cl)(c1ccccc1)c1ccccc1)(c1ccccc1)c1ccccc1. The van der Waals surface area contributed by atoms with E-state index in [0.717, 1.165) is 20.7 Å². The van der Waals surface area contributed by atoms with Crippen LogP contribution in [0.2, 0.25) is 0 Å². The highest BCUT2D eigenvalue weighted by atomic mass is 35.6. The van der Waals surface area contributed by atoms with E-state index in [1.807, 2.05) is 121 Å². The molecule has 29 heavy (non-hydrogen) atoms. The lowest BCUT2D eigenvalue weighted by Gasteiger charge is -2.35. The maximum absolute atomic E-state index is 7.44. The van der Waals surface area contributed by atoms with Gasteiger partial charge in [0.25, 0.3) is 0 Å². The predicted molar refractivity (Wildman–Crippen MR) is 129 cm³/mol. The maximum Gasteiger partial charge on any atom is 0.346 e. The van der Waals surface area contributed by atoms with E-state index in [4.69, 9.17) is 26.3 Å². The summed E-state index contributed by atoms with van der Waals surface area (Å²) in [4.78, 5) is 0. The molecular formula is C24H20Cl2OSi2. The van der Waals surface area contributed by atoms with Crippen molar-refractivity contribution in [3.63, 3.8) is 0 Å². The van der Waals surface area contributed by atoms with Crippen molar-refractivity contribution in [3.05, 3.63) is 121 Å². The Morgan fingerprint density at radius 2 is 0.586 bits per heavy atom. The minimum Gasteiger partial charge on any atom is -0.420 e. The summed E-state index contributed by atoms with van der Waals surface area (Å²) in [6.45, 7) is 0. The van der Waals surface area contributed by atoms with Crippen molar-refractivity contribution in [2.45, 2.75) is 0 Å². The van der Waals surface area contributed by atoms with Crippen LogP contribution in [0.5, 0.6) is 0 Å². The highest BCUT2D eigenvalue weighted by molar-refractivity contribution is 7.40. The van der Waals surface area contributed by atoms with Gasteiger partial charge in [-0.05, 0) is 20.7 Å². The molecule has 0 aliphatic heterocycles. The predicted octanol–water partition coefficient (Wildman–Crippen LogP) is 3.99. The van der Waals surface area contributed by atoms with Crippen molar-refractivity contribution in [1.82, 2.24) is 0 Å². The Hall–Kier alpha value is -2.15. The Balaban J connectivity index is 1.91. The summed E-state index contributed by atoms with van der Waals surface area (Å²) in [7, 11) is -6.20. The molecule has 0 bridgehead atoms. The molecule has 0 aliphatic rings. The molecule has 0 atom stereocenters. The third kappa shape index (κ3) is 4.11. The third-order valence-electron chi connectivity index (χ3n) is 4.86. The highest BCUT2D eigenvalue weighted by Crippen LogP contribution is 2.22. The molecule has 0 heterocycles. The monoisotopic (exact) mass is 450 g/mol. The van der Waals surface area contributed by atoms with Gasteiger partial charge >= 0.3 is 15.3 Å². The lowest BCUT2D eigenvalue weighted by atomic mass is 10.4. The Kier molecular flexibility index (Phi) is 6.04. The van der Waals surface area contributed by atoms with E-state index in [1.54, 1.807) is 0 Å². The normalized spacial score (nSPS) is 11.9. The molecular weight excluding hydrogens is 431 g/mol. The summed E-state index contributed by atoms with van der Waals surface area (Å²) < 4.78 is 6.98. The second-order valence-corrected chi connectivity index (χ2v) is 15.5. The van der Waals surface area contributed by atoms with E-state index >= 15 is 0 Å². The van der Waals surface area contributed by atoms with Crippen LogP contribution in [-0.2, 0) is 4.12 Å². The van der Waals surface area contributed by atoms with Crippen LogP contribution in [0.3, 0.4) is 0 Å². The summed E-state index contributed by atoms with van der Waals surface area (Å²) in [6.07, 6.45) is 0.